The SMILES string of the molecule is CCCN(C(=O)C(CC(N)=O)NC(=O)OC(C)(C)C)C(C(=O)NC(C)(C)C)c1ccc(CC)cc1. The Morgan fingerprint density at radius 3 is 2.00 bits per heavy atom. The van der Waals surface area contributed by atoms with Gasteiger partial charge in [0.25, 0.3) is 0 Å². The first-order chi connectivity index (χ1) is 16.1. The molecule has 196 valence electrons. The van der Waals surface area contributed by atoms with E-state index in [4.69, 9.17) is 10.5 Å². The molecule has 1 rings (SSSR count). The number of rotatable bonds is 10. The normalized spacial score (nSPS) is 13.4. The van der Waals surface area contributed by atoms with Gasteiger partial charge in [0.05, 0.1) is 6.42 Å². The summed E-state index contributed by atoms with van der Waals surface area (Å²) < 4.78 is 5.27. The standard InChI is InChI=1S/C26H42N4O5/c1-9-15-30(23(33)19(16-20(27)31)28-24(34)35-26(6,7)8)21(22(32)29-25(3,4)5)18-13-11-17(10-2)12-14-18/h11-14,19,21H,9-10,15-16H2,1-8H3,(H2,27,31)(H,28,34)(H,29,32). The highest BCUT2D eigenvalue weighted by molar-refractivity contribution is 5.94. The number of hydrogen-bond donors (Lipinski definition) is 3. The third kappa shape index (κ3) is 10.4. The van der Waals surface area contributed by atoms with E-state index >= 15 is 0 Å². The molecule has 2 unspecified atom stereocenters. The number of nitrogens with two attached hydrogens (primary N) is 1. The van der Waals surface area contributed by atoms with E-state index in [1.165, 1.54) is 4.90 Å². The van der Waals surface area contributed by atoms with Crippen LogP contribution in [0.2, 0.25) is 0 Å². The molecule has 0 spiro atoms. The number of aryl methyl sites for hydroxylation is 1. The van der Waals surface area contributed by atoms with Crippen LogP contribution < -0.4 is 16.4 Å². The summed E-state index contributed by atoms with van der Waals surface area (Å²) in [5.74, 6) is -1.72. The maximum atomic E-state index is 13.7. The maximum absolute atomic E-state index is 13.7. The van der Waals surface area contributed by atoms with Crippen molar-refractivity contribution in [2.75, 3.05) is 6.54 Å². The number of nitrogens with zero attached hydrogens (tertiary/aromatic N) is 1. The summed E-state index contributed by atoms with van der Waals surface area (Å²) in [5, 5.41) is 5.43. The van der Waals surface area contributed by atoms with Gasteiger partial charge >= 0.3 is 6.09 Å². The van der Waals surface area contributed by atoms with Gasteiger partial charge in [0.1, 0.15) is 17.7 Å². The van der Waals surface area contributed by atoms with Crippen molar-refractivity contribution in [2.45, 2.75) is 97.9 Å². The number of benzene rings is 1. The zero-order valence-corrected chi connectivity index (χ0v) is 22.4. The van der Waals surface area contributed by atoms with Crippen LogP contribution in [0.3, 0.4) is 0 Å². The third-order valence-corrected chi connectivity index (χ3v) is 4.90. The molecule has 4 amide bonds. The number of ether oxygens (including phenoxy) is 1. The van der Waals surface area contributed by atoms with Gasteiger partial charge in [-0.1, -0.05) is 38.1 Å². The van der Waals surface area contributed by atoms with Gasteiger partial charge in [0.2, 0.25) is 17.7 Å². The topological polar surface area (TPSA) is 131 Å². The van der Waals surface area contributed by atoms with Gasteiger partial charge in [-0.25, -0.2) is 4.79 Å². The van der Waals surface area contributed by atoms with Crippen LogP contribution in [0.15, 0.2) is 24.3 Å². The summed E-state index contributed by atoms with van der Waals surface area (Å²) in [6.45, 7) is 14.8. The van der Waals surface area contributed by atoms with E-state index < -0.39 is 47.6 Å². The van der Waals surface area contributed by atoms with Gasteiger partial charge in [0.15, 0.2) is 0 Å². The lowest BCUT2D eigenvalue weighted by molar-refractivity contribution is -0.144. The molecule has 0 aliphatic rings. The monoisotopic (exact) mass is 490 g/mol. The fourth-order valence-electron chi connectivity index (χ4n) is 3.51. The Kier molecular flexibility index (Phi) is 10.7. The summed E-state index contributed by atoms with van der Waals surface area (Å²) in [6, 6.07) is 5.23. The van der Waals surface area contributed by atoms with Crippen LogP contribution in [0.5, 0.6) is 0 Å². The lowest BCUT2D eigenvalue weighted by Crippen LogP contribution is -2.55. The summed E-state index contributed by atoms with van der Waals surface area (Å²) in [6.07, 6.45) is 0.0997. The molecule has 0 aliphatic heterocycles. The largest absolute Gasteiger partial charge is 0.444 e. The zero-order valence-electron chi connectivity index (χ0n) is 22.4. The van der Waals surface area contributed by atoms with Gasteiger partial charge < -0.3 is 26.0 Å². The number of primary amides is 1. The van der Waals surface area contributed by atoms with Gasteiger partial charge in [-0.3, -0.25) is 14.4 Å². The predicted molar refractivity (Wildman–Crippen MR) is 135 cm³/mol. The number of alkyl carbamates (subject to hydrolysis) is 1. The lowest BCUT2D eigenvalue weighted by Gasteiger charge is -2.35. The number of nitrogens with one attached hydrogen (secondary N) is 2. The maximum Gasteiger partial charge on any atom is 0.408 e. The summed E-state index contributed by atoms with van der Waals surface area (Å²) in [5.41, 5.74) is 5.77. The summed E-state index contributed by atoms with van der Waals surface area (Å²) >= 11 is 0. The second-order valence-corrected chi connectivity index (χ2v) is 10.6. The quantitative estimate of drug-likeness (QED) is 0.463. The minimum Gasteiger partial charge on any atom is -0.444 e. The van der Waals surface area contributed by atoms with E-state index in [9.17, 15) is 19.2 Å². The van der Waals surface area contributed by atoms with Crippen molar-refractivity contribution in [1.82, 2.24) is 15.5 Å². The number of hydrogen-bond acceptors (Lipinski definition) is 5. The molecule has 2 atom stereocenters. The van der Waals surface area contributed by atoms with Crippen molar-refractivity contribution < 1.29 is 23.9 Å². The summed E-state index contributed by atoms with van der Waals surface area (Å²) in [7, 11) is 0. The molecular weight excluding hydrogens is 448 g/mol. The summed E-state index contributed by atoms with van der Waals surface area (Å²) in [4.78, 5) is 52.8. The lowest BCUT2D eigenvalue weighted by atomic mass is 9.98. The highest BCUT2D eigenvalue weighted by Gasteiger charge is 2.37. The molecule has 9 heteroatoms. The third-order valence-electron chi connectivity index (χ3n) is 4.90. The van der Waals surface area contributed by atoms with E-state index in [2.05, 4.69) is 10.6 Å². The van der Waals surface area contributed by atoms with Crippen LogP contribution in [-0.4, -0.2) is 52.4 Å². The molecular formula is C26H42N4O5. The number of carbonyl (C=O) groups excluding carboxylic acids is 4. The molecule has 0 fully saturated rings. The van der Waals surface area contributed by atoms with Crippen LogP contribution in [0, 0.1) is 0 Å². The molecule has 35 heavy (non-hydrogen) atoms. The zero-order chi connectivity index (χ0) is 27.0. The molecule has 0 saturated carbocycles. The highest BCUT2D eigenvalue weighted by Crippen LogP contribution is 2.25. The fraction of sp³-hybridized carbons (Fsp3) is 0.615. The molecule has 0 aliphatic carbocycles. The Morgan fingerprint density at radius 1 is 1.00 bits per heavy atom. The molecule has 1 aromatic carbocycles. The molecule has 0 heterocycles. The Morgan fingerprint density at radius 2 is 1.57 bits per heavy atom. The molecule has 4 N–H and O–H groups in total. The molecule has 9 nitrogen and oxygen atoms in total. The van der Waals surface area contributed by atoms with Crippen LogP contribution in [0.1, 0.15) is 85.4 Å². The van der Waals surface area contributed by atoms with Crippen molar-refractivity contribution in [3.8, 4) is 0 Å². The van der Waals surface area contributed by atoms with E-state index in [1.54, 1.807) is 20.8 Å². The van der Waals surface area contributed by atoms with Gasteiger partial charge in [-0.05, 0) is 65.5 Å². The number of amides is 4. The van der Waals surface area contributed by atoms with Crippen LogP contribution in [0.25, 0.3) is 0 Å². The highest BCUT2D eigenvalue weighted by atomic mass is 16.6. The smallest absolute Gasteiger partial charge is 0.408 e. The van der Waals surface area contributed by atoms with Crippen LogP contribution in [0.4, 0.5) is 4.79 Å². The first-order valence-electron chi connectivity index (χ1n) is 12.1. The average molecular weight is 491 g/mol. The minimum absolute atomic E-state index is 0.224. The second kappa shape index (κ2) is 12.6. The Bertz CT molecular complexity index is 884. The van der Waals surface area contributed by atoms with E-state index in [-0.39, 0.29) is 12.5 Å². The van der Waals surface area contributed by atoms with E-state index in [0.717, 1.165) is 12.0 Å². The van der Waals surface area contributed by atoms with Crippen LogP contribution >= 0.6 is 0 Å². The van der Waals surface area contributed by atoms with Crippen molar-refractivity contribution >= 4 is 23.8 Å². The van der Waals surface area contributed by atoms with Crippen molar-refractivity contribution in [3.63, 3.8) is 0 Å². The average Bonchev–Trinajstić information content (AvgIpc) is 2.69. The van der Waals surface area contributed by atoms with Gasteiger partial charge in [-0.15, -0.1) is 0 Å². The van der Waals surface area contributed by atoms with Crippen molar-refractivity contribution in [3.05, 3.63) is 35.4 Å². The van der Waals surface area contributed by atoms with Crippen molar-refractivity contribution in [2.24, 2.45) is 5.73 Å². The predicted octanol–water partition coefficient (Wildman–Crippen LogP) is 3.21. The molecule has 1 aromatic rings. The van der Waals surface area contributed by atoms with Gasteiger partial charge in [0, 0.05) is 12.1 Å². The minimum atomic E-state index is -1.28. The molecule has 0 radical (unpaired) electrons. The second-order valence-electron chi connectivity index (χ2n) is 10.6. The van der Waals surface area contributed by atoms with Crippen molar-refractivity contribution in [1.29, 1.82) is 0 Å². The first-order valence-corrected chi connectivity index (χ1v) is 12.1. The Hall–Kier alpha value is -3.10. The van der Waals surface area contributed by atoms with Crippen LogP contribution in [-0.2, 0) is 25.5 Å². The molecule has 0 aromatic heterocycles. The first kappa shape index (κ1) is 29.9. The Balaban J connectivity index is 3.47. The Labute approximate surface area is 209 Å². The molecule has 0 bridgehead atoms. The van der Waals surface area contributed by atoms with E-state index in [1.807, 2.05) is 58.9 Å². The van der Waals surface area contributed by atoms with Gasteiger partial charge in [-0.2, -0.15) is 0 Å². The fourth-order valence-corrected chi connectivity index (χ4v) is 3.51. The number of carbonyl (C=O) groups is 4. The van der Waals surface area contributed by atoms with E-state index in [0.29, 0.717) is 12.0 Å². The molecule has 0 saturated heterocycles.